The third-order valence-corrected chi connectivity index (χ3v) is 5.85. The molecule has 1 aliphatic rings. The lowest BCUT2D eigenvalue weighted by atomic mass is 10.1. The molecule has 0 bridgehead atoms. The van der Waals surface area contributed by atoms with Crippen LogP contribution in [0, 0.1) is 10.1 Å². The minimum absolute atomic E-state index is 0.00239. The molecule has 0 amide bonds. The van der Waals surface area contributed by atoms with Crippen molar-refractivity contribution in [2.75, 3.05) is 0 Å². The Balaban J connectivity index is 1.67. The number of ether oxygens (including phenoxy) is 2. The molecule has 0 fully saturated rings. The van der Waals surface area contributed by atoms with E-state index < -0.39 is 16.9 Å². The highest BCUT2D eigenvalue weighted by atomic mass is 79.9. The van der Waals surface area contributed by atoms with E-state index in [2.05, 4.69) is 36.9 Å². The molecule has 0 saturated heterocycles. The maximum Gasteiger partial charge on any atom is 0.363 e. The number of hydrogen-bond donors (Lipinski definition) is 0. The number of hydrogen-bond acceptors (Lipinski definition) is 7. The number of benzene rings is 3. The van der Waals surface area contributed by atoms with Crippen LogP contribution in [0.2, 0.25) is 5.02 Å². The number of carbonyl (C=O) groups is 2. The van der Waals surface area contributed by atoms with E-state index >= 15 is 0 Å². The number of halogens is 3. The Morgan fingerprint density at radius 1 is 1.09 bits per heavy atom. The molecule has 4 rings (SSSR count). The average Bonchev–Trinajstić information content (AvgIpc) is 3.16. The topological polar surface area (TPSA) is 108 Å². The first-order chi connectivity index (χ1) is 16.2. The van der Waals surface area contributed by atoms with Crippen molar-refractivity contribution in [1.29, 1.82) is 0 Å². The van der Waals surface area contributed by atoms with Crippen molar-refractivity contribution < 1.29 is 24.0 Å². The van der Waals surface area contributed by atoms with Crippen LogP contribution in [0.5, 0.6) is 5.75 Å². The fourth-order valence-electron chi connectivity index (χ4n) is 2.94. The van der Waals surface area contributed by atoms with Crippen molar-refractivity contribution in [3.05, 3.63) is 107 Å². The lowest BCUT2D eigenvalue weighted by molar-refractivity contribution is -0.384. The molecule has 3 aromatic carbocycles. The second kappa shape index (κ2) is 9.88. The first kappa shape index (κ1) is 23.8. The van der Waals surface area contributed by atoms with Gasteiger partial charge >= 0.3 is 11.9 Å². The number of nitro benzene ring substituents is 1. The van der Waals surface area contributed by atoms with Gasteiger partial charge < -0.3 is 9.47 Å². The van der Waals surface area contributed by atoms with E-state index in [1.165, 1.54) is 30.3 Å². The van der Waals surface area contributed by atoms with Crippen LogP contribution in [0.4, 0.5) is 5.69 Å². The molecule has 3 aromatic rings. The van der Waals surface area contributed by atoms with Gasteiger partial charge in [-0.15, -0.1) is 0 Å². The van der Waals surface area contributed by atoms with Gasteiger partial charge in [-0.3, -0.25) is 10.1 Å². The molecule has 8 nitrogen and oxygen atoms in total. The van der Waals surface area contributed by atoms with Crippen LogP contribution >= 0.6 is 43.5 Å². The summed E-state index contributed by atoms with van der Waals surface area (Å²) < 4.78 is 11.9. The standard InChI is InChI=1S/C23H11Br2ClN2O6/c24-15-9-14(10-19-23(30)34-21(27-19)12-1-5-16(26)6-2-12)20(18(25)11-15)33-22(29)13-3-7-17(8-4-13)28(31)32/h1-11H/b19-10-. The van der Waals surface area contributed by atoms with Crippen LogP contribution in [-0.4, -0.2) is 22.8 Å². The Kier molecular flexibility index (Phi) is 6.92. The van der Waals surface area contributed by atoms with Gasteiger partial charge in [0.2, 0.25) is 5.90 Å². The Morgan fingerprint density at radius 3 is 2.41 bits per heavy atom. The smallest absolute Gasteiger partial charge is 0.363 e. The van der Waals surface area contributed by atoms with Crippen molar-refractivity contribution in [2.24, 2.45) is 4.99 Å². The Labute approximate surface area is 214 Å². The molecule has 0 N–H and O–H groups in total. The van der Waals surface area contributed by atoms with E-state index in [-0.39, 0.29) is 28.6 Å². The lowest BCUT2D eigenvalue weighted by Crippen LogP contribution is -2.10. The molecule has 0 aromatic heterocycles. The van der Waals surface area contributed by atoms with Gasteiger partial charge in [0.05, 0.1) is 15.0 Å². The third-order valence-electron chi connectivity index (χ3n) is 4.55. The molecule has 1 aliphatic heterocycles. The number of esters is 2. The molecule has 0 spiro atoms. The van der Waals surface area contributed by atoms with Crippen LogP contribution in [0.25, 0.3) is 6.08 Å². The minimum atomic E-state index is -0.739. The van der Waals surface area contributed by atoms with Crippen LogP contribution in [0.1, 0.15) is 21.5 Å². The summed E-state index contributed by atoms with van der Waals surface area (Å²) in [6.45, 7) is 0. The summed E-state index contributed by atoms with van der Waals surface area (Å²) in [5, 5.41) is 11.4. The summed E-state index contributed by atoms with van der Waals surface area (Å²) in [4.78, 5) is 39.6. The summed E-state index contributed by atoms with van der Waals surface area (Å²) in [6, 6.07) is 14.9. The summed E-state index contributed by atoms with van der Waals surface area (Å²) in [7, 11) is 0. The van der Waals surface area contributed by atoms with Crippen LogP contribution in [-0.2, 0) is 9.53 Å². The zero-order valence-corrected chi connectivity index (χ0v) is 20.8. The molecule has 0 aliphatic carbocycles. The summed E-state index contributed by atoms with van der Waals surface area (Å²) in [5.41, 5.74) is 0.900. The van der Waals surface area contributed by atoms with Crippen LogP contribution < -0.4 is 4.74 Å². The minimum Gasteiger partial charge on any atom is -0.421 e. The maximum atomic E-state index is 12.7. The molecule has 1 heterocycles. The molecule has 34 heavy (non-hydrogen) atoms. The first-order valence-electron chi connectivity index (χ1n) is 9.45. The fraction of sp³-hybridized carbons (Fsp3) is 0. The Bertz CT molecular complexity index is 1390. The van der Waals surface area contributed by atoms with Crippen LogP contribution in [0.15, 0.2) is 80.3 Å². The van der Waals surface area contributed by atoms with Gasteiger partial charge in [-0.2, -0.15) is 0 Å². The summed E-state index contributed by atoms with van der Waals surface area (Å²) >= 11 is 12.6. The van der Waals surface area contributed by atoms with E-state index in [1.807, 2.05) is 0 Å². The number of nitrogens with zero attached hydrogens (tertiary/aromatic N) is 2. The highest BCUT2D eigenvalue weighted by Crippen LogP contribution is 2.36. The molecule has 0 unspecified atom stereocenters. The third kappa shape index (κ3) is 5.24. The normalized spacial score (nSPS) is 14.0. The average molecular weight is 607 g/mol. The Morgan fingerprint density at radius 2 is 1.76 bits per heavy atom. The number of carbonyl (C=O) groups excluding carboxylic acids is 2. The van der Waals surface area contributed by atoms with E-state index in [0.717, 1.165) is 0 Å². The van der Waals surface area contributed by atoms with Crippen molar-refractivity contribution >= 4 is 73.1 Å². The SMILES string of the molecule is O=C1OC(c2ccc(Cl)cc2)=N/C1=C\c1cc(Br)cc(Br)c1OC(=O)c1ccc([N+](=O)[O-])cc1. The van der Waals surface area contributed by atoms with Gasteiger partial charge in [0.1, 0.15) is 0 Å². The van der Waals surface area contributed by atoms with Gasteiger partial charge in [-0.05, 0) is 70.5 Å². The van der Waals surface area contributed by atoms with Gasteiger partial charge in [-0.25, -0.2) is 14.6 Å². The zero-order valence-electron chi connectivity index (χ0n) is 16.8. The largest absolute Gasteiger partial charge is 0.421 e. The second-order valence-corrected chi connectivity index (χ2v) is 9.05. The number of aliphatic imine (C=N–C) groups is 1. The number of non-ortho nitro benzene ring substituents is 1. The van der Waals surface area contributed by atoms with E-state index in [9.17, 15) is 19.7 Å². The molecule has 0 atom stereocenters. The van der Waals surface area contributed by atoms with E-state index in [0.29, 0.717) is 25.1 Å². The summed E-state index contributed by atoms with van der Waals surface area (Å²) in [6.07, 6.45) is 1.43. The van der Waals surface area contributed by atoms with E-state index in [1.54, 1.807) is 36.4 Å². The molecule has 0 radical (unpaired) electrons. The quantitative estimate of drug-likeness (QED) is 0.110. The van der Waals surface area contributed by atoms with Crippen molar-refractivity contribution in [1.82, 2.24) is 0 Å². The van der Waals surface area contributed by atoms with Crippen LogP contribution in [0.3, 0.4) is 0 Å². The number of rotatable bonds is 5. The molecular weight excluding hydrogens is 596 g/mol. The second-order valence-electron chi connectivity index (χ2n) is 6.84. The predicted molar refractivity (Wildman–Crippen MR) is 132 cm³/mol. The monoisotopic (exact) mass is 604 g/mol. The lowest BCUT2D eigenvalue weighted by Gasteiger charge is -2.11. The molecule has 11 heteroatoms. The van der Waals surface area contributed by atoms with E-state index in [4.69, 9.17) is 21.1 Å². The van der Waals surface area contributed by atoms with Gasteiger partial charge in [0.15, 0.2) is 11.4 Å². The molecular formula is C23H11Br2ClN2O6. The van der Waals surface area contributed by atoms with Gasteiger partial charge in [0.25, 0.3) is 5.69 Å². The highest BCUT2D eigenvalue weighted by molar-refractivity contribution is 9.11. The highest BCUT2D eigenvalue weighted by Gasteiger charge is 2.25. The Hall–Kier alpha value is -3.34. The zero-order chi connectivity index (χ0) is 24.4. The number of nitro groups is 1. The van der Waals surface area contributed by atoms with Crippen molar-refractivity contribution in [3.8, 4) is 5.75 Å². The van der Waals surface area contributed by atoms with Gasteiger partial charge in [-0.1, -0.05) is 27.5 Å². The predicted octanol–water partition coefficient (Wildman–Crippen LogP) is 6.34. The van der Waals surface area contributed by atoms with Gasteiger partial charge in [0, 0.05) is 32.8 Å². The summed E-state index contributed by atoms with van der Waals surface area (Å²) in [5.74, 6) is -1.17. The molecule has 0 saturated carbocycles. The van der Waals surface area contributed by atoms with Crippen molar-refractivity contribution in [3.63, 3.8) is 0 Å². The fourth-order valence-corrected chi connectivity index (χ4v) is 4.40. The molecule has 170 valence electrons. The maximum absolute atomic E-state index is 12.7. The first-order valence-corrected chi connectivity index (χ1v) is 11.4. The number of cyclic esters (lactones) is 1. The van der Waals surface area contributed by atoms with Crippen molar-refractivity contribution in [2.45, 2.75) is 0 Å².